The van der Waals surface area contributed by atoms with Gasteiger partial charge in [0, 0.05) is 38.8 Å². The summed E-state index contributed by atoms with van der Waals surface area (Å²) in [7, 11) is 1.53. The second-order valence-electron chi connectivity index (χ2n) is 6.64. The topological polar surface area (TPSA) is 60.9 Å². The molecule has 0 saturated carbocycles. The van der Waals surface area contributed by atoms with Crippen LogP contribution in [0, 0.1) is 13.8 Å². The van der Waals surface area contributed by atoms with Gasteiger partial charge in [0.25, 0.3) is 5.91 Å². The van der Waals surface area contributed by atoms with Crippen LogP contribution in [0.3, 0.4) is 0 Å². The largest absolute Gasteiger partial charge is 0.336 e. The van der Waals surface area contributed by atoms with Crippen molar-refractivity contribution in [3.63, 3.8) is 0 Å². The van der Waals surface area contributed by atoms with Gasteiger partial charge < -0.3 is 4.90 Å². The van der Waals surface area contributed by atoms with Gasteiger partial charge in [0.2, 0.25) is 11.8 Å². The molecular weight excluding hydrogens is 306 g/mol. The fourth-order valence-corrected chi connectivity index (χ4v) is 3.32. The number of likely N-dealkylation sites (N-methyl/N-ethyl adjacent to an activating group) is 1. The fourth-order valence-electron chi connectivity index (χ4n) is 3.32. The van der Waals surface area contributed by atoms with Crippen LogP contribution in [0.4, 0.5) is 0 Å². The van der Waals surface area contributed by atoms with Crippen molar-refractivity contribution in [1.29, 1.82) is 0 Å². The number of likely N-dealkylation sites (tertiary alicyclic amines) is 1. The molecule has 2 saturated heterocycles. The number of aryl methyl sites for hydroxylation is 2. The Balaban J connectivity index is 1.62. The Morgan fingerprint density at radius 2 is 1.71 bits per heavy atom. The molecule has 0 spiro atoms. The molecule has 6 heteroatoms. The SMILES string of the molecule is Cc1ccc(C(=O)N2CCN(C3CC(=O)N(C)C3=O)CC2)cc1C. The number of carbonyl (C=O) groups is 3. The second-order valence-corrected chi connectivity index (χ2v) is 6.64. The van der Waals surface area contributed by atoms with Crippen LogP contribution in [0.25, 0.3) is 0 Å². The van der Waals surface area contributed by atoms with E-state index >= 15 is 0 Å². The average molecular weight is 329 g/mol. The lowest BCUT2D eigenvalue weighted by Gasteiger charge is -2.37. The highest BCUT2D eigenvalue weighted by Crippen LogP contribution is 2.20. The first-order valence-corrected chi connectivity index (χ1v) is 8.29. The summed E-state index contributed by atoms with van der Waals surface area (Å²) in [4.78, 5) is 41.5. The first-order valence-electron chi connectivity index (χ1n) is 8.29. The lowest BCUT2D eigenvalue weighted by molar-refractivity contribution is -0.138. The van der Waals surface area contributed by atoms with Gasteiger partial charge in [0.15, 0.2) is 0 Å². The van der Waals surface area contributed by atoms with E-state index in [1.54, 1.807) is 0 Å². The summed E-state index contributed by atoms with van der Waals surface area (Å²) in [6.07, 6.45) is 0.250. The normalized spacial score (nSPS) is 22.4. The minimum atomic E-state index is -0.360. The molecule has 2 aliphatic rings. The van der Waals surface area contributed by atoms with Crippen molar-refractivity contribution < 1.29 is 14.4 Å². The Morgan fingerprint density at radius 3 is 2.25 bits per heavy atom. The molecule has 6 nitrogen and oxygen atoms in total. The predicted octanol–water partition coefficient (Wildman–Crippen LogP) is 0.819. The van der Waals surface area contributed by atoms with Gasteiger partial charge in [-0.3, -0.25) is 24.2 Å². The molecule has 24 heavy (non-hydrogen) atoms. The molecule has 0 N–H and O–H groups in total. The van der Waals surface area contributed by atoms with Crippen LogP contribution in [-0.4, -0.2) is 71.7 Å². The zero-order chi connectivity index (χ0) is 17.4. The summed E-state index contributed by atoms with van der Waals surface area (Å²) in [5.41, 5.74) is 2.99. The quantitative estimate of drug-likeness (QED) is 0.754. The average Bonchev–Trinajstić information content (AvgIpc) is 2.84. The standard InChI is InChI=1S/C18H23N3O3/c1-12-4-5-14(10-13(12)2)17(23)21-8-6-20(7-9-21)15-11-16(22)19(3)18(15)24/h4-5,10,15H,6-9,11H2,1-3H3. The highest BCUT2D eigenvalue weighted by molar-refractivity contribution is 6.05. The van der Waals surface area contributed by atoms with Gasteiger partial charge in [-0.2, -0.15) is 0 Å². The number of amides is 3. The van der Waals surface area contributed by atoms with Crippen molar-refractivity contribution in [2.24, 2.45) is 0 Å². The molecular formula is C18H23N3O3. The van der Waals surface area contributed by atoms with E-state index < -0.39 is 0 Å². The summed E-state index contributed by atoms with van der Waals surface area (Å²) in [5, 5.41) is 0. The van der Waals surface area contributed by atoms with Crippen LogP contribution < -0.4 is 0 Å². The molecule has 128 valence electrons. The molecule has 1 aromatic carbocycles. The third-order valence-electron chi connectivity index (χ3n) is 5.15. The van der Waals surface area contributed by atoms with Gasteiger partial charge in [0.1, 0.15) is 0 Å². The van der Waals surface area contributed by atoms with Crippen LogP contribution in [0.5, 0.6) is 0 Å². The number of nitrogens with zero attached hydrogens (tertiary/aromatic N) is 3. The number of rotatable bonds is 2. The molecule has 0 aromatic heterocycles. The third-order valence-corrected chi connectivity index (χ3v) is 5.15. The van der Waals surface area contributed by atoms with Crippen LogP contribution in [0.2, 0.25) is 0 Å². The lowest BCUT2D eigenvalue weighted by atomic mass is 10.1. The molecule has 0 aliphatic carbocycles. The number of hydrogen-bond donors (Lipinski definition) is 0. The van der Waals surface area contributed by atoms with E-state index in [4.69, 9.17) is 0 Å². The second kappa shape index (κ2) is 6.36. The maximum absolute atomic E-state index is 12.6. The van der Waals surface area contributed by atoms with E-state index in [2.05, 4.69) is 0 Å². The molecule has 0 bridgehead atoms. The van der Waals surface area contributed by atoms with Crippen molar-refractivity contribution >= 4 is 17.7 Å². The molecule has 2 aliphatic heterocycles. The summed E-state index contributed by atoms with van der Waals surface area (Å²) >= 11 is 0. The third kappa shape index (κ3) is 2.94. The summed E-state index contributed by atoms with van der Waals surface area (Å²) in [5.74, 6) is -0.226. The maximum atomic E-state index is 12.6. The number of benzene rings is 1. The molecule has 1 atom stereocenters. The Morgan fingerprint density at radius 1 is 1.04 bits per heavy atom. The molecule has 3 amide bonds. The fraction of sp³-hybridized carbons (Fsp3) is 0.500. The maximum Gasteiger partial charge on any atom is 0.253 e. The first-order chi connectivity index (χ1) is 11.4. The van der Waals surface area contributed by atoms with E-state index in [0.29, 0.717) is 31.7 Å². The van der Waals surface area contributed by atoms with Crippen LogP contribution in [0.1, 0.15) is 27.9 Å². The molecule has 2 fully saturated rings. The highest BCUT2D eigenvalue weighted by Gasteiger charge is 2.40. The van der Waals surface area contributed by atoms with E-state index in [9.17, 15) is 14.4 Å². The monoisotopic (exact) mass is 329 g/mol. The smallest absolute Gasteiger partial charge is 0.253 e. The van der Waals surface area contributed by atoms with Crippen molar-refractivity contribution in [2.45, 2.75) is 26.3 Å². The van der Waals surface area contributed by atoms with Gasteiger partial charge in [0.05, 0.1) is 12.5 Å². The first kappa shape index (κ1) is 16.6. The molecule has 1 aromatic rings. The van der Waals surface area contributed by atoms with Crippen molar-refractivity contribution in [3.05, 3.63) is 34.9 Å². The van der Waals surface area contributed by atoms with Crippen molar-refractivity contribution in [2.75, 3.05) is 33.2 Å². The zero-order valence-corrected chi connectivity index (χ0v) is 14.4. The van der Waals surface area contributed by atoms with Gasteiger partial charge in [-0.15, -0.1) is 0 Å². The Kier molecular flexibility index (Phi) is 4.41. The van der Waals surface area contributed by atoms with Gasteiger partial charge >= 0.3 is 0 Å². The van der Waals surface area contributed by atoms with Crippen LogP contribution >= 0.6 is 0 Å². The molecule has 0 radical (unpaired) electrons. The summed E-state index contributed by atoms with van der Waals surface area (Å²) < 4.78 is 0. The van der Waals surface area contributed by atoms with E-state index in [0.717, 1.165) is 5.56 Å². The Bertz CT molecular complexity index is 693. The zero-order valence-electron chi connectivity index (χ0n) is 14.4. The van der Waals surface area contributed by atoms with Crippen molar-refractivity contribution in [3.8, 4) is 0 Å². The number of carbonyl (C=O) groups excluding carboxylic acids is 3. The Labute approximate surface area is 142 Å². The van der Waals surface area contributed by atoms with Crippen LogP contribution in [-0.2, 0) is 9.59 Å². The van der Waals surface area contributed by atoms with E-state index in [-0.39, 0.29) is 30.2 Å². The summed E-state index contributed by atoms with van der Waals surface area (Å²) in [6.45, 7) is 6.42. The van der Waals surface area contributed by atoms with Gasteiger partial charge in [-0.25, -0.2) is 0 Å². The Hall–Kier alpha value is -2.21. The van der Waals surface area contributed by atoms with Gasteiger partial charge in [-0.1, -0.05) is 6.07 Å². The minimum Gasteiger partial charge on any atom is -0.336 e. The number of hydrogen-bond acceptors (Lipinski definition) is 4. The lowest BCUT2D eigenvalue weighted by Crippen LogP contribution is -2.53. The molecule has 2 heterocycles. The molecule has 3 rings (SSSR count). The van der Waals surface area contributed by atoms with Crippen LogP contribution in [0.15, 0.2) is 18.2 Å². The van der Waals surface area contributed by atoms with Gasteiger partial charge in [-0.05, 0) is 37.1 Å². The molecule has 1 unspecified atom stereocenters. The minimum absolute atomic E-state index is 0.0312. The van der Waals surface area contributed by atoms with Crippen molar-refractivity contribution in [1.82, 2.24) is 14.7 Å². The predicted molar refractivity (Wildman–Crippen MR) is 89.6 cm³/mol. The number of imide groups is 1. The number of piperazine rings is 1. The highest BCUT2D eigenvalue weighted by atomic mass is 16.2. The van der Waals surface area contributed by atoms with E-state index in [1.807, 2.05) is 41.8 Å². The van der Waals surface area contributed by atoms with E-state index in [1.165, 1.54) is 17.5 Å². The summed E-state index contributed by atoms with van der Waals surface area (Å²) in [6, 6.07) is 5.40.